The number of rotatable bonds is 10. The first-order valence-electron chi connectivity index (χ1n) is 18.3. The second-order valence-corrected chi connectivity index (χ2v) is 13.3. The lowest BCUT2D eigenvalue weighted by Gasteiger charge is -2.27. The SMILES string of the molecule is C/C=C(/c1cccc(N(C(/C=C\CC2=CC=CC(c3ccccc3)=CC2)=C/C)c2ccc(C)cc2)c1)c1c(C)n(-c2ccccc2)c2ccccc12. The van der Waals surface area contributed by atoms with Crippen LogP contribution in [0.2, 0.25) is 0 Å². The van der Waals surface area contributed by atoms with Crippen molar-refractivity contribution in [1.82, 2.24) is 4.57 Å². The molecule has 2 nitrogen and oxygen atoms in total. The van der Waals surface area contributed by atoms with Crippen molar-refractivity contribution in [3.8, 4) is 5.69 Å². The summed E-state index contributed by atoms with van der Waals surface area (Å²) in [5.41, 5.74) is 15.8. The number of para-hydroxylation sites is 2. The van der Waals surface area contributed by atoms with Gasteiger partial charge in [0.2, 0.25) is 0 Å². The number of nitrogens with zero attached hydrogens (tertiary/aromatic N) is 2. The first kappa shape index (κ1) is 34.3. The van der Waals surface area contributed by atoms with Crippen molar-refractivity contribution in [2.24, 2.45) is 0 Å². The maximum absolute atomic E-state index is 2.39. The Morgan fingerprint density at radius 2 is 1.46 bits per heavy atom. The number of aromatic nitrogens is 1. The van der Waals surface area contributed by atoms with Crippen molar-refractivity contribution in [2.75, 3.05) is 4.90 Å². The average Bonchev–Trinajstić information content (AvgIpc) is 3.30. The Morgan fingerprint density at radius 3 is 2.21 bits per heavy atom. The highest BCUT2D eigenvalue weighted by molar-refractivity contribution is 6.00. The predicted octanol–water partition coefficient (Wildman–Crippen LogP) is 13.7. The second-order valence-electron chi connectivity index (χ2n) is 13.3. The van der Waals surface area contributed by atoms with Gasteiger partial charge in [-0.25, -0.2) is 0 Å². The quantitative estimate of drug-likeness (QED) is 0.131. The maximum Gasteiger partial charge on any atom is 0.0537 e. The molecule has 0 N–H and O–H groups in total. The summed E-state index contributed by atoms with van der Waals surface area (Å²) < 4.78 is 2.39. The van der Waals surface area contributed by atoms with Gasteiger partial charge in [-0.15, -0.1) is 0 Å². The van der Waals surface area contributed by atoms with Gasteiger partial charge in [-0.05, 0) is 111 Å². The van der Waals surface area contributed by atoms with Crippen LogP contribution >= 0.6 is 0 Å². The molecule has 256 valence electrons. The molecule has 0 saturated heterocycles. The van der Waals surface area contributed by atoms with Crippen LogP contribution in [0.3, 0.4) is 0 Å². The number of allylic oxidation sites excluding steroid dienone is 10. The molecule has 0 aliphatic heterocycles. The predicted molar refractivity (Wildman–Crippen MR) is 224 cm³/mol. The fraction of sp³-hybridized carbons (Fsp3) is 0.120. The van der Waals surface area contributed by atoms with Crippen LogP contribution in [0, 0.1) is 13.8 Å². The van der Waals surface area contributed by atoms with Crippen molar-refractivity contribution >= 4 is 33.4 Å². The summed E-state index contributed by atoms with van der Waals surface area (Å²) >= 11 is 0. The summed E-state index contributed by atoms with van der Waals surface area (Å²) in [5.74, 6) is 0. The topological polar surface area (TPSA) is 8.17 Å². The number of hydrogen-bond acceptors (Lipinski definition) is 1. The van der Waals surface area contributed by atoms with E-state index in [-0.39, 0.29) is 0 Å². The Labute approximate surface area is 309 Å². The van der Waals surface area contributed by atoms with Crippen LogP contribution in [0.1, 0.15) is 54.6 Å². The van der Waals surface area contributed by atoms with Gasteiger partial charge in [0.05, 0.1) is 5.52 Å². The molecule has 0 saturated carbocycles. The first-order valence-corrected chi connectivity index (χ1v) is 18.3. The molecule has 52 heavy (non-hydrogen) atoms. The molecular weight excluding hydrogens is 629 g/mol. The van der Waals surface area contributed by atoms with E-state index in [1.54, 1.807) is 0 Å². The van der Waals surface area contributed by atoms with Crippen LogP contribution < -0.4 is 4.90 Å². The largest absolute Gasteiger partial charge is 0.313 e. The van der Waals surface area contributed by atoms with Gasteiger partial charge < -0.3 is 9.47 Å². The zero-order chi connectivity index (χ0) is 35.9. The van der Waals surface area contributed by atoms with Gasteiger partial charge in [-0.3, -0.25) is 0 Å². The van der Waals surface area contributed by atoms with E-state index < -0.39 is 0 Å². The number of anilines is 2. The number of benzene rings is 5. The van der Waals surface area contributed by atoms with Gasteiger partial charge in [0.25, 0.3) is 0 Å². The van der Waals surface area contributed by atoms with Crippen LogP contribution in [-0.2, 0) is 0 Å². The van der Waals surface area contributed by atoms with Gasteiger partial charge in [0, 0.05) is 39.4 Å². The van der Waals surface area contributed by atoms with Gasteiger partial charge >= 0.3 is 0 Å². The molecule has 0 unspecified atom stereocenters. The molecule has 0 bridgehead atoms. The normalized spacial score (nSPS) is 13.7. The maximum atomic E-state index is 2.39. The summed E-state index contributed by atoms with van der Waals surface area (Å²) in [7, 11) is 0. The molecule has 2 heteroatoms. The monoisotopic (exact) mass is 674 g/mol. The van der Waals surface area contributed by atoms with Gasteiger partial charge in [-0.2, -0.15) is 0 Å². The summed E-state index contributed by atoms with van der Waals surface area (Å²) in [5, 5.41) is 1.25. The Balaban J connectivity index is 1.23. The van der Waals surface area contributed by atoms with E-state index in [4.69, 9.17) is 0 Å². The molecule has 7 rings (SSSR count). The van der Waals surface area contributed by atoms with Gasteiger partial charge in [-0.1, -0.05) is 145 Å². The molecule has 1 aliphatic rings. The summed E-state index contributed by atoms with van der Waals surface area (Å²) in [6.45, 7) is 8.68. The first-order chi connectivity index (χ1) is 25.6. The Kier molecular flexibility index (Phi) is 10.5. The van der Waals surface area contributed by atoms with Gasteiger partial charge in [0.1, 0.15) is 0 Å². The zero-order valence-corrected chi connectivity index (χ0v) is 30.6. The summed E-state index contributed by atoms with van der Waals surface area (Å²) in [6.07, 6.45) is 19.9. The average molecular weight is 675 g/mol. The molecule has 0 radical (unpaired) electrons. The number of fused-ring (bicyclic) bond motifs is 1. The highest BCUT2D eigenvalue weighted by Gasteiger charge is 2.20. The molecule has 6 aromatic rings. The standard InChI is InChI=1S/C50H46N2/c1-5-43(26-16-19-39-18-15-22-41(33-32-39)40-20-9-7-10-21-40)52(45-34-30-37(3)31-35-45)46-27-17-23-42(36-46)47(6-2)50-38(4)51(44-24-11-8-12-25-44)49-29-14-13-28-48(49)50/h5-18,20-31,33-36H,19,32H2,1-4H3/b26-16-,43-5+,47-6-. The minimum atomic E-state index is 0.884. The van der Waals surface area contributed by atoms with Crippen molar-refractivity contribution < 1.29 is 0 Å². The van der Waals surface area contributed by atoms with Gasteiger partial charge in [0.15, 0.2) is 0 Å². The molecule has 0 amide bonds. The molecule has 0 fully saturated rings. The number of hydrogen-bond donors (Lipinski definition) is 0. The van der Waals surface area contributed by atoms with E-state index in [1.165, 1.54) is 61.3 Å². The van der Waals surface area contributed by atoms with Crippen LogP contribution in [0.5, 0.6) is 0 Å². The lowest BCUT2D eigenvalue weighted by Crippen LogP contribution is -2.15. The Morgan fingerprint density at radius 1 is 0.731 bits per heavy atom. The second kappa shape index (κ2) is 15.8. The van der Waals surface area contributed by atoms with Crippen LogP contribution in [0.25, 0.3) is 27.7 Å². The van der Waals surface area contributed by atoms with E-state index in [1.807, 2.05) is 0 Å². The molecule has 1 heterocycles. The third-order valence-corrected chi connectivity index (χ3v) is 9.91. The number of aryl methyl sites for hydroxylation is 1. The third-order valence-electron chi connectivity index (χ3n) is 9.91. The van der Waals surface area contributed by atoms with Crippen LogP contribution in [-0.4, -0.2) is 4.57 Å². The third kappa shape index (κ3) is 7.20. The minimum Gasteiger partial charge on any atom is -0.313 e. The highest BCUT2D eigenvalue weighted by Crippen LogP contribution is 2.39. The van der Waals surface area contributed by atoms with Crippen molar-refractivity contribution in [3.05, 3.63) is 221 Å². The van der Waals surface area contributed by atoms with Crippen molar-refractivity contribution in [1.29, 1.82) is 0 Å². The fourth-order valence-corrected chi connectivity index (χ4v) is 7.32. The van der Waals surface area contributed by atoms with Crippen LogP contribution in [0.4, 0.5) is 11.4 Å². The fourth-order valence-electron chi connectivity index (χ4n) is 7.32. The summed E-state index contributed by atoms with van der Waals surface area (Å²) in [6, 6.07) is 47.9. The lowest BCUT2D eigenvalue weighted by atomic mass is 9.94. The zero-order valence-electron chi connectivity index (χ0n) is 30.6. The smallest absolute Gasteiger partial charge is 0.0537 e. The van der Waals surface area contributed by atoms with E-state index in [9.17, 15) is 0 Å². The van der Waals surface area contributed by atoms with E-state index in [0.717, 1.165) is 29.9 Å². The van der Waals surface area contributed by atoms with E-state index in [2.05, 4.69) is 219 Å². The van der Waals surface area contributed by atoms with Crippen molar-refractivity contribution in [2.45, 2.75) is 40.5 Å². The van der Waals surface area contributed by atoms with E-state index >= 15 is 0 Å². The molecule has 0 atom stereocenters. The Hall–Kier alpha value is -6.12. The molecular formula is C50H46N2. The highest BCUT2D eigenvalue weighted by atomic mass is 15.1. The molecule has 1 aliphatic carbocycles. The summed E-state index contributed by atoms with van der Waals surface area (Å²) in [4.78, 5) is 2.38. The van der Waals surface area contributed by atoms with E-state index in [0.29, 0.717) is 0 Å². The molecule has 1 aromatic heterocycles. The minimum absolute atomic E-state index is 0.884. The van der Waals surface area contributed by atoms with Crippen LogP contribution in [0.15, 0.2) is 193 Å². The van der Waals surface area contributed by atoms with Crippen molar-refractivity contribution in [3.63, 3.8) is 0 Å². The lowest BCUT2D eigenvalue weighted by molar-refractivity contribution is 1.05. The molecule has 0 spiro atoms. The Bertz CT molecular complexity index is 2360. The molecule has 5 aromatic carbocycles.